The quantitative estimate of drug-likeness (QED) is 0.687. The molecule has 0 bridgehead atoms. The van der Waals surface area contributed by atoms with E-state index in [0.717, 1.165) is 16.8 Å². The fraction of sp³-hybridized carbons (Fsp3) is 0.133. The van der Waals surface area contributed by atoms with Crippen molar-refractivity contribution in [1.29, 1.82) is 0 Å². The van der Waals surface area contributed by atoms with E-state index in [2.05, 4.69) is 4.98 Å². The van der Waals surface area contributed by atoms with Crippen LogP contribution in [0.4, 0.5) is 0 Å². The molecular weight excluding hydrogens is 324 g/mol. The minimum atomic E-state index is -3.82. The van der Waals surface area contributed by atoms with Gasteiger partial charge in [0, 0.05) is 35.0 Å². The van der Waals surface area contributed by atoms with Gasteiger partial charge in [-0.05, 0) is 23.8 Å². The molecule has 3 rings (SSSR count). The number of hydrogen-bond donors (Lipinski definition) is 0. The molecule has 0 amide bonds. The van der Waals surface area contributed by atoms with E-state index in [4.69, 9.17) is 15.4 Å². The molecule has 0 unspecified atom stereocenters. The van der Waals surface area contributed by atoms with Crippen LogP contribution in [-0.2, 0) is 15.6 Å². The topological polar surface area (TPSA) is 61.2 Å². The molecule has 7 heteroatoms. The highest BCUT2D eigenvalue weighted by Gasteiger charge is 2.16. The van der Waals surface area contributed by atoms with Gasteiger partial charge in [0.2, 0.25) is 0 Å². The Morgan fingerprint density at radius 2 is 1.91 bits per heavy atom. The summed E-state index contributed by atoms with van der Waals surface area (Å²) in [6.45, 7) is 0.598. The number of pyridine rings is 1. The van der Waals surface area contributed by atoms with E-state index in [1.807, 2.05) is 35.0 Å². The van der Waals surface area contributed by atoms with Crippen molar-refractivity contribution in [3.8, 4) is 5.75 Å². The van der Waals surface area contributed by atoms with Gasteiger partial charge in [-0.1, -0.05) is 12.1 Å². The van der Waals surface area contributed by atoms with Crippen LogP contribution in [0.5, 0.6) is 5.75 Å². The lowest BCUT2D eigenvalue weighted by atomic mass is 10.2. The van der Waals surface area contributed by atoms with Crippen molar-refractivity contribution in [2.24, 2.45) is 0 Å². The number of ether oxygens (including phenoxy) is 1. The molecule has 0 aliphatic rings. The molecule has 1 aromatic carbocycles. The maximum absolute atomic E-state index is 11.6. The molecule has 3 aromatic rings. The molecular formula is C15H13ClN2O3S. The van der Waals surface area contributed by atoms with Crippen LogP contribution in [0.3, 0.4) is 0 Å². The Balaban J connectivity index is 2.01. The van der Waals surface area contributed by atoms with Crippen molar-refractivity contribution in [3.63, 3.8) is 0 Å². The summed E-state index contributed by atoms with van der Waals surface area (Å²) in [6.07, 6.45) is 4.72. The summed E-state index contributed by atoms with van der Waals surface area (Å²) in [5.41, 5.74) is 1.79. The van der Waals surface area contributed by atoms with E-state index in [-0.39, 0.29) is 4.90 Å². The first-order chi connectivity index (χ1) is 10.5. The standard InChI is InChI=1S/C15H13ClN2O3S/c1-21-12-4-2-11(3-5-12)10-18-7-6-13-14(18)8-17-9-15(13)22(16,19)20/h2-9H,10H2,1H3. The SMILES string of the molecule is COc1ccc(Cn2ccc3c(S(=O)(=O)Cl)cncc32)cc1. The van der Waals surface area contributed by atoms with Gasteiger partial charge in [-0.3, -0.25) is 4.98 Å². The largest absolute Gasteiger partial charge is 0.497 e. The van der Waals surface area contributed by atoms with Gasteiger partial charge >= 0.3 is 0 Å². The molecule has 0 N–H and O–H groups in total. The van der Waals surface area contributed by atoms with Crippen molar-refractivity contribution >= 4 is 30.6 Å². The second-order valence-electron chi connectivity index (χ2n) is 4.80. The second-order valence-corrected chi connectivity index (χ2v) is 7.33. The van der Waals surface area contributed by atoms with Gasteiger partial charge in [-0.15, -0.1) is 0 Å². The Bertz CT molecular complexity index is 918. The van der Waals surface area contributed by atoms with E-state index >= 15 is 0 Å². The minimum absolute atomic E-state index is 0.0279. The molecule has 2 aromatic heterocycles. The number of hydrogen-bond acceptors (Lipinski definition) is 4. The third-order valence-electron chi connectivity index (χ3n) is 3.44. The molecule has 0 aliphatic heterocycles. The number of rotatable bonds is 4. The Hall–Kier alpha value is -2.05. The molecule has 0 saturated carbocycles. The van der Waals surface area contributed by atoms with Gasteiger partial charge in [0.05, 0.1) is 18.8 Å². The number of nitrogens with zero attached hydrogens (tertiary/aromatic N) is 2. The molecule has 0 fully saturated rings. The van der Waals surface area contributed by atoms with Crippen molar-refractivity contribution in [2.75, 3.05) is 7.11 Å². The molecule has 5 nitrogen and oxygen atoms in total. The zero-order valence-electron chi connectivity index (χ0n) is 11.7. The number of halogens is 1. The van der Waals surface area contributed by atoms with Crippen LogP contribution in [0.1, 0.15) is 5.56 Å². The monoisotopic (exact) mass is 336 g/mol. The van der Waals surface area contributed by atoms with Gasteiger partial charge in [0.1, 0.15) is 10.6 Å². The van der Waals surface area contributed by atoms with E-state index < -0.39 is 9.05 Å². The highest BCUT2D eigenvalue weighted by Crippen LogP contribution is 2.26. The summed E-state index contributed by atoms with van der Waals surface area (Å²) in [7, 11) is 3.25. The van der Waals surface area contributed by atoms with Crippen LogP contribution in [-0.4, -0.2) is 25.1 Å². The van der Waals surface area contributed by atoms with Crippen molar-refractivity contribution in [2.45, 2.75) is 11.4 Å². The smallest absolute Gasteiger partial charge is 0.263 e. The second kappa shape index (κ2) is 5.62. The van der Waals surface area contributed by atoms with E-state index in [1.165, 1.54) is 6.20 Å². The Morgan fingerprint density at radius 3 is 2.55 bits per heavy atom. The minimum Gasteiger partial charge on any atom is -0.497 e. The number of methoxy groups -OCH3 is 1. The summed E-state index contributed by atoms with van der Waals surface area (Å²) >= 11 is 0. The maximum Gasteiger partial charge on any atom is 0.263 e. The fourth-order valence-corrected chi connectivity index (χ4v) is 3.33. The van der Waals surface area contributed by atoms with E-state index in [9.17, 15) is 8.42 Å². The van der Waals surface area contributed by atoms with Crippen LogP contribution >= 0.6 is 10.7 Å². The van der Waals surface area contributed by atoms with Gasteiger partial charge in [0.15, 0.2) is 0 Å². The predicted octanol–water partition coefficient (Wildman–Crippen LogP) is 3.02. The summed E-state index contributed by atoms with van der Waals surface area (Å²) in [5.74, 6) is 0.790. The molecule has 0 radical (unpaired) electrons. The number of aromatic nitrogens is 2. The first-order valence-corrected chi connectivity index (χ1v) is 8.80. The molecule has 0 atom stereocenters. The van der Waals surface area contributed by atoms with Crippen LogP contribution in [0, 0.1) is 0 Å². The van der Waals surface area contributed by atoms with E-state index in [1.54, 1.807) is 19.4 Å². The Labute approximate surface area is 132 Å². The highest BCUT2D eigenvalue weighted by atomic mass is 35.7. The lowest BCUT2D eigenvalue weighted by Gasteiger charge is -2.07. The lowest BCUT2D eigenvalue weighted by molar-refractivity contribution is 0.414. The van der Waals surface area contributed by atoms with Crippen LogP contribution in [0.2, 0.25) is 0 Å². The molecule has 0 saturated heterocycles. The molecule has 22 heavy (non-hydrogen) atoms. The molecule has 0 aliphatic carbocycles. The summed E-state index contributed by atoms with van der Waals surface area (Å²) in [6, 6.07) is 9.41. The lowest BCUT2D eigenvalue weighted by Crippen LogP contribution is -1.99. The van der Waals surface area contributed by atoms with Gasteiger partial charge in [-0.25, -0.2) is 8.42 Å². The third-order valence-corrected chi connectivity index (χ3v) is 4.78. The first kappa shape index (κ1) is 14.9. The highest BCUT2D eigenvalue weighted by molar-refractivity contribution is 8.14. The Kier molecular flexibility index (Phi) is 3.80. The first-order valence-electron chi connectivity index (χ1n) is 6.49. The maximum atomic E-state index is 11.6. The normalized spacial score (nSPS) is 11.7. The van der Waals surface area contributed by atoms with E-state index in [0.29, 0.717) is 11.9 Å². The third kappa shape index (κ3) is 2.80. The Morgan fingerprint density at radius 1 is 1.18 bits per heavy atom. The van der Waals surface area contributed by atoms with Gasteiger partial charge < -0.3 is 9.30 Å². The number of fused-ring (bicyclic) bond motifs is 1. The zero-order valence-corrected chi connectivity index (χ0v) is 13.3. The van der Waals surface area contributed by atoms with Gasteiger partial charge in [0.25, 0.3) is 9.05 Å². The molecule has 0 spiro atoms. The van der Waals surface area contributed by atoms with Crippen LogP contribution in [0.25, 0.3) is 10.9 Å². The number of benzene rings is 1. The molecule has 114 valence electrons. The van der Waals surface area contributed by atoms with Crippen molar-refractivity contribution in [1.82, 2.24) is 9.55 Å². The summed E-state index contributed by atoms with van der Waals surface area (Å²) < 4.78 is 30.2. The summed E-state index contributed by atoms with van der Waals surface area (Å²) in [4.78, 5) is 4.00. The average Bonchev–Trinajstić information content (AvgIpc) is 2.90. The van der Waals surface area contributed by atoms with Gasteiger partial charge in [-0.2, -0.15) is 0 Å². The zero-order chi connectivity index (χ0) is 15.7. The fourth-order valence-electron chi connectivity index (χ4n) is 2.34. The van der Waals surface area contributed by atoms with Crippen molar-refractivity contribution < 1.29 is 13.2 Å². The molecule has 2 heterocycles. The van der Waals surface area contributed by atoms with Crippen molar-refractivity contribution in [3.05, 3.63) is 54.5 Å². The average molecular weight is 337 g/mol. The van der Waals surface area contributed by atoms with Crippen LogP contribution < -0.4 is 4.74 Å². The predicted molar refractivity (Wildman–Crippen MR) is 84.9 cm³/mol. The van der Waals surface area contributed by atoms with Crippen LogP contribution in [0.15, 0.2) is 53.8 Å². The summed E-state index contributed by atoms with van der Waals surface area (Å²) in [5, 5.41) is 0.568.